The lowest BCUT2D eigenvalue weighted by atomic mass is 9.71. The number of rotatable bonds is 17. The number of halogens is 3. The van der Waals surface area contributed by atoms with Gasteiger partial charge in [-0.2, -0.15) is 5.10 Å². The molecule has 86 heavy (non-hydrogen) atoms. The molecule has 2 N–H and O–H groups in total. The van der Waals surface area contributed by atoms with Crippen molar-refractivity contribution < 1.29 is 33.0 Å². The van der Waals surface area contributed by atoms with Crippen molar-refractivity contribution in [1.29, 1.82) is 0 Å². The van der Waals surface area contributed by atoms with Crippen LogP contribution in [0.3, 0.4) is 0 Å². The molecule has 6 heterocycles. The summed E-state index contributed by atoms with van der Waals surface area (Å²) in [6.07, 6.45) is 3.53. The van der Waals surface area contributed by atoms with Gasteiger partial charge in [0.05, 0.1) is 75.5 Å². The summed E-state index contributed by atoms with van der Waals surface area (Å²) in [6.45, 7) is 21.1. The molecule has 10 rings (SSSR count). The van der Waals surface area contributed by atoms with E-state index in [1.807, 2.05) is 89.0 Å². The number of nitrogens with two attached hydrogens (primary N) is 1. The lowest BCUT2D eigenvalue weighted by molar-refractivity contribution is -0.131. The van der Waals surface area contributed by atoms with E-state index in [2.05, 4.69) is 61.5 Å². The largest absolute Gasteiger partial charge is 0.493 e. The van der Waals surface area contributed by atoms with E-state index in [1.165, 1.54) is 12.1 Å². The molecule has 2 saturated heterocycles. The first-order chi connectivity index (χ1) is 41.1. The molecule has 2 bridgehead atoms. The summed E-state index contributed by atoms with van der Waals surface area (Å²) in [4.78, 5) is 64.8. The zero-order chi connectivity index (χ0) is 61.2. The standard InChI is InChI=1S/C66H80Cl2FN11O6/c1-10-86-57-39-47(64(3,4)5)17-23-52(57)61-72-65(6,45-13-18-48(67)19-14-45)66(7,46-15-20-49(68)21-16-46)80(61)63(83)77-30-28-76(29-31-77)33-35-85-37-36-84-34-25-58(81)74(8)27-32-79-43(2)59-44-38-56(60(70)71-41-44)78-26-11-12-55(78)53-40-50(69)22-24-51(53)62(82)75(9)42-54(59)73-79/h13-24,38-41,55H,10-12,25-37,42H2,1-9H3,(H2,70,71)/t55-,65+,66-/m1/s1. The summed E-state index contributed by atoms with van der Waals surface area (Å²) in [5, 5.41) is 6.20. The predicted octanol–water partition coefficient (Wildman–Crippen LogP) is 11.1. The number of pyridine rings is 1. The lowest BCUT2D eigenvalue weighted by Crippen LogP contribution is -2.60. The van der Waals surface area contributed by atoms with Crippen molar-refractivity contribution in [2.75, 3.05) is 104 Å². The Hall–Kier alpha value is -7.09. The highest BCUT2D eigenvalue weighted by molar-refractivity contribution is 6.30. The number of ether oxygens (including phenoxy) is 3. The number of amidine groups is 1. The Labute approximate surface area is 514 Å². The number of hydrogen-bond donors (Lipinski definition) is 1. The first kappa shape index (κ1) is 62.0. The Balaban J connectivity index is 0.723. The third kappa shape index (κ3) is 12.4. The Morgan fingerprint density at radius 3 is 2.21 bits per heavy atom. The topological polar surface area (TPSA) is 167 Å². The minimum atomic E-state index is -1.04. The van der Waals surface area contributed by atoms with E-state index in [4.69, 9.17) is 53.2 Å². The van der Waals surface area contributed by atoms with E-state index in [0.717, 1.165) is 57.6 Å². The minimum absolute atomic E-state index is 0.0661. The number of amides is 4. The van der Waals surface area contributed by atoms with E-state index in [-0.39, 0.29) is 48.9 Å². The van der Waals surface area contributed by atoms with Crippen LogP contribution in [0.1, 0.15) is 116 Å². The number of nitrogen functional groups attached to an aromatic ring is 1. The maximum Gasteiger partial charge on any atom is 0.326 e. The molecule has 456 valence electrons. The smallest absolute Gasteiger partial charge is 0.326 e. The van der Waals surface area contributed by atoms with Crippen molar-refractivity contribution >= 4 is 58.4 Å². The van der Waals surface area contributed by atoms with Crippen LogP contribution in [0, 0.1) is 12.7 Å². The number of benzene rings is 4. The average Bonchev–Trinajstić information content (AvgIpc) is 1.55. The monoisotopic (exact) mass is 1210 g/mol. The number of piperazine rings is 1. The van der Waals surface area contributed by atoms with Crippen LogP contribution < -0.4 is 15.4 Å². The number of hydrogen-bond acceptors (Lipinski definition) is 12. The fraction of sp³-hybridized carbons (Fsp3) is 0.455. The third-order valence-corrected chi connectivity index (χ3v) is 18.3. The molecule has 6 aromatic rings. The highest BCUT2D eigenvalue weighted by Gasteiger charge is 2.60. The fourth-order valence-corrected chi connectivity index (χ4v) is 12.8. The van der Waals surface area contributed by atoms with Crippen LogP contribution >= 0.6 is 23.2 Å². The van der Waals surface area contributed by atoms with Gasteiger partial charge in [0.2, 0.25) is 5.91 Å². The van der Waals surface area contributed by atoms with Crippen LogP contribution in [-0.4, -0.2) is 156 Å². The molecular formula is C66H80Cl2FN11O6. The number of carbonyl (C=O) groups is 3. The summed E-state index contributed by atoms with van der Waals surface area (Å²) in [7, 11) is 3.51. The first-order valence-corrected chi connectivity index (χ1v) is 30.6. The second-order valence-corrected chi connectivity index (χ2v) is 25.1. The molecule has 17 nitrogen and oxygen atoms in total. The van der Waals surface area contributed by atoms with Crippen molar-refractivity contribution in [3.8, 4) is 16.9 Å². The van der Waals surface area contributed by atoms with Gasteiger partial charge < -0.3 is 39.5 Å². The lowest BCUT2D eigenvalue weighted by Gasteiger charge is -2.47. The number of aromatic nitrogens is 3. The predicted molar refractivity (Wildman–Crippen MR) is 336 cm³/mol. The SMILES string of the molecule is CCOc1cc(C(C)(C)C)ccc1C1=N[C@@](C)(c2ccc(Cl)cc2)[C@@](C)(c2ccc(Cl)cc2)N1C(=O)N1CCN(CCOCCOCCC(=O)N(C)CCn2nc3c(c2C)-c2cnc(N)c(c2)N2CCC[C@@H]2c2cc(F)ccc2C(=O)N(C)C3)CC1. The zero-order valence-corrected chi connectivity index (χ0v) is 52.5. The highest BCUT2D eigenvalue weighted by Crippen LogP contribution is 2.54. The molecule has 4 aliphatic rings. The second kappa shape index (κ2) is 25.7. The fourth-order valence-electron chi connectivity index (χ4n) is 12.6. The molecule has 0 saturated carbocycles. The number of fused-ring (bicyclic) bond motifs is 8. The van der Waals surface area contributed by atoms with Gasteiger partial charge in [-0.05, 0) is 129 Å². The van der Waals surface area contributed by atoms with Gasteiger partial charge in [-0.3, -0.25) is 29.1 Å². The molecule has 3 atom stereocenters. The van der Waals surface area contributed by atoms with Gasteiger partial charge in [0.25, 0.3) is 5.91 Å². The third-order valence-electron chi connectivity index (χ3n) is 17.8. The van der Waals surface area contributed by atoms with Gasteiger partial charge in [0.1, 0.15) is 34.3 Å². The summed E-state index contributed by atoms with van der Waals surface area (Å²) < 4.78 is 35.0. The second-order valence-electron chi connectivity index (χ2n) is 24.2. The van der Waals surface area contributed by atoms with Gasteiger partial charge in [-0.1, -0.05) is 74.3 Å². The van der Waals surface area contributed by atoms with E-state index in [1.54, 1.807) is 36.2 Å². The molecule has 4 amide bonds. The van der Waals surface area contributed by atoms with Crippen molar-refractivity contribution in [1.82, 2.24) is 39.3 Å². The molecule has 0 unspecified atom stereocenters. The van der Waals surface area contributed by atoms with E-state index in [9.17, 15) is 14.0 Å². The Morgan fingerprint density at radius 1 is 0.849 bits per heavy atom. The van der Waals surface area contributed by atoms with Gasteiger partial charge in [-0.25, -0.2) is 14.2 Å². The number of aliphatic imine (C=N–C) groups is 1. The van der Waals surface area contributed by atoms with E-state index < -0.39 is 16.9 Å². The van der Waals surface area contributed by atoms with Crippen molar-refractivity contribution in [2.45, 2.75) is 103 Å². The highest BCUT2D eigenvalue weighted by atomic mass is 35.5. The summed E-state index contributed by atoms with van der Waals surface area (Å²) in [5.41, 5.74) is 13.0. The Morgan fingerprint density at radius 2 is 1.52 bits per heavy atom. The summed E-state index contributed by atoms with van der Waals surface area (Å²) >= 11 is 13.0. The summed E-state index contributed by atoms with van der Waals surface area (Å²) in [6, 6.07) is 27.6. The quantitative estimate of drug-likeness (QED) is 0.0863. The van der Waals surface area contributed by atoms with Crippen molar-refractivity contribution in [3.63, 3.8) is 0 Å². The zero-order valence-electron chi connectivity index (χ0n) is 51.0. The number of carbonyl (C=O) groups excluding carboxylic acids is 3. The minimum Gasteiger partial charge on any atom is -0.493 e. The average molecular weight is 1210 g/mol. The molecular weight excluding hydrogens is 1130 g/mol. The van der Waals surface area contributed by atoms with Crippen molar-refractivity contribution in [2.24, 2.45) is 4.99 Å². The summed E-state index contributed by atoms with van der Waals surface area (Å²) in [5.74, 6) is 0.856. The van der Waals surface area contributed by atoms with Gasteiger partial charge in [0.15, 0.2) is 0 Å². The van der Waals surface area contributed by atoms with Crippen LogP contribution in [0.25, 0.3) is 11.1 Å². The van der Waals surface area contributed by atoms with Crippen LogP contribution in [0.2, 0.25) is 10.0 Å². The van der Waals surface area contributed by atoms with Gasteiger partial charge in [0, 0.05) is 98.5 Å². The van der Waals surface area contributed by atoms with Gasteiger partial charge in [-0.15, -0.1) is 0 Å². The molecule has 2 aromatic heterocycles. The molecule has 0 aliphatic carbocycles. The number of anilines is 2. The molecule has 0 radical (unpaired) electrons. The number of urea groups is 1. The normalized spacial score (nSPS) is 19.8. The Kier molecular flexibility index (Phi) is 18.5. The molecule has 20 heteroatoms. The number of likely N-dealkylation sites (N-methyl/N-ethyl adjacent to an activating group) is 1. The van der Waals surface area contributed by atoms with E-state index in [0.29, 0.717) is 123 Å². The van der Waals surface area contributed by atoms with Crippen molar-refractivity contribution in [3.05, 3.63) is 158 Å². The van der Waals surface area contributed by atoms with Crippen LogP contribution in [0.5, 0.6) is 5.75 Å². The number of nitrogens with zero attached hydrogens (tertiary/aromatic N) is 10. The molecule has 0 spiro atoms. The molecule has 4 aliphatic heterocycles. The van der Waals surface area contributed by atoms with Crippen LogP contribution in [0.4, 0.5) is 20.7 Å². The molecule has 2 fully saturated rings. The first-order valence-electron chi connectivity index (χ1n) is 29.9. The van der Waals surface area contributed by atoms with Gasteiger partial charge >= 0.3 is 6.03 Å². The van der Waals surface area contributed by atoms with Crippen LogP contribution in [-0.2, 0) is 43.9 Å². The van der Waals surface area contributed by atoms with E-state index >= 15 is 4.79 Å². The molecule has 4 aromatic carbocycles. The Bertz CT molecular complexity index is 3490. The van der Waals surface area contributed by atoms with Crippen LogP contribution in [0.15, 0.2) is 102 Å². The maximum absolute atomic E-state index is 15.6. The maximum atomic E-state index is 15.6.